The van der Waals surface area contributed by atoms with Crippen LogP contribution in [-0.4, -0.2) is 11.3 Å². The number of benzene rings is 10. The number of aromatic nitrogens is 1. The van der Waals surface area contributed by atoms with Crippen molar-refractivity contribution >= 4 is 108 Å². The molecule has 0 N–H and O–H groups in total. The van der Waals surface area contributed by atoms with E-state index in [0.717, 1.165) is 50.4 Å². The van der Waals surface area contributed by atoms with E-state index in [0.29, 0.717) is 0 Å². The Morgan fingerprint density at radius 3 is 1.91 bits per heavy atom. The van der Waals surface area contributed by atoms with E-state index in [1.165, 1.54) is 97.3 Å². The molecule has 12 aromatic rings. The van der Waals surface area contributed by atoms with Crippen molar-refractivity contribution in [3.63, 3.8) is 0 Å². The maximum Gasteiger partial charge on any atom is 0.333 e. The van der Waals surface area contributed by atoms with Crippen molar-refractivity contribution in [1.82, 2.24) is 4.48 Å². The molecule has 0 saturated heterocycles. The molecule has 7 heteroatoms. The molecule has 5 heterocycles. The second-order valence-electron chi connectivity index (χ2n) is 22.4. The summed E-state index contributed by atoms with van der Waals surface area (Å²) in [5.74, 6) is 0. The minimum atomic E-state index is -0.358. The molecule has 76 heavy (non-hydrogen) atoms. The fourth-order valence-corrected chi connectivity index (χ4v) is 15.6. The predicted molar refractivity (Wildman–Crippen MR) is 321 cm³/mol. The van der Waals surface area contributed by atoms with E-state index in [2.05, 4.69) is 261 Å². The van der Waals surface area contributed by atoms with Crippen LogP contribution < -0.4 is 20.7 Å². The topological polar surface area (TPSA) is 24.6 Å². The highest BCUT2D eigenvalue weighted by Crippen LogP contribution is 2.60. The lowest BCUT2D eigenvalue weighted by molar-refractivity contribution is 0.590. The van der Waals surface area contributed by atoms with Crippen LogP contribution in [0.4, 0.5) is 34.1 Å². The van der Waals surface area contributed by atoms with Gasteiger partial charge in [-0.2, -0.15) is 0 Å². The lowest BCUT2D eigenvalue weighted by Gasteiger charge is -2.43. The van der Waals surface area contributed by atoms with Gasteiger partial charge in [-0.25, -0.2) is 0 Å². The molecule has 0 radical (unpaired) electrons. The smallest absolute Gasteiger partial charge is 0.333 e. The van der Waals surface area contributed by atoms with Crippen LogP contribution in [-0.2, 0) is 10.8 Å². The monoisotopic (exact) mass is 1010 g/mol. The Hall–Kier alpha value is -8.10. The van der Waals surface area contributed by atoms with Gasteiger partial charge in [0, 0.05) is 86.1 Å². The Bertz CT molecular complexity index is 4400. The SMILES string of the molecule is CC(C)(C)c1ccc(N2c3cc4c(cc3B3c5c(cc6c(oc7ccccc76)c52)-c2ccc(N(c5ccccc5)c5ccccc5)c5c6c(n3c25)C(C)(C)c2ccccc2-6)Sc2ccccc2S4)c(-c2ccccc2)c1. The number of nitrogens with zero attached hydrogens (tertiary/aromatic N) is 3. The standard InChI is InChI=1S/C69H50BN3OS2/c1-68(2,3)42-33-35-53(48(37-42)41-21-9-6-10-22-41)72-55-40-60-59(75-57-31-19-20-32-58(57)76-60)39-52(55)70-63-49(38-50-45-27-16-18-30-56(45)74-66(50)65(63)72)46-34-36-54(71(43-23-11-7-12-24-43)44-25-13-8-14-26-44)62-61-47-28-15-17-29-51(47)69(4,5)67(61)73(70)64(46)62/h6-40H,1-5H3. The summed E-state index contributed by atoms with van der Waals surface area (Å²) < 4.78 is 10.2. The molecule has 0 bridgehead atoms. The molecule has 0 amide bonds. The van der Waals surface area contributed by atoms with Gasteiger partial charge in [-0.15, -0.1) is 0 Å². The quantitative estimate of drug-likeness (QED) is 0.160. The van der Waals surface area contributed by atoms with Gasteiger partial charge in [0.2, 0.25) is 0 Å². The van der Waals surface area contributed by atoms with E-state index in [-0.39, 0.29) is 17.7 Å². The minimum Gasteiger partial charge on any atom is -0.454 e. The first-order chi connectivity index (χ1) is 37.1. The van der Waals surface area contributed by atoms with Gasteiger partial charge in [-0.3, -0.25) is 0 Å². The molecule has 362 valence electrons. The normalized spacial score (nSPS) is 14.3. The van der Waals surface area contributed by atoms with Crippen molar-refractivity contribution in [3.8, 4) is 33.4 Å². The highest BCUT2D eigenvalue weighted by Gasteiger charge is 2.51. The fourth-order valence-electron chi connectivity index (χ4n) is 13.3. The summed E-state index contributed by atoms with van der Waals surface area (Å²) in [6, 6.07) is 79.2. The van der Waals surface area contributed by atoms with E-state index >= 15 is 0 Å². The fraction of sp³-hybridized carbons (Fsp3) is 0.101. The molecule has 16 rings (SSSR count). The van der Waals surface area contributed by atoms with E-state index < -0.39 is 0 Å². The maximum atomic E-state index is 7.38. The average Bonchev–Trinajstić information content (AvgIpc) is 4.00. The summed E-state index contributed by atoms with van der Waals surface area (Å²) >= 11 is 3.79. The predicted octanol–water partition coefficient (Wildman–Crippen LogP) is 18.3. The second-order valence-corrected chi connectivity index (χ2v) is 24.5. The van der Waals surface area contributed by atoms with E-state index in [1.807, 2.05) is 23.5 Å². The summed E-state index contributed by atoms with van der Waals surface area (Å²) in [4.78, 5) is 10.2. The van der Waals surface area contributed by atoms with Gasteiger partial charge in [0.25, 0.3) is 0 Å². The van der Waals surface area contributed by atoms with Crippen molar-refractivity contribution in [1.29, 1.82) is 0 Å². The molecule has 4 aliphatic rings. The van der Waals surface area contributed by atoms with Gasteiger partial charge < -0.3 is 18.7 Å². The zero-order valence-electron chi connectivity index (χ0n) is 42.9. The van der Waals surface area contributed by atoms with Crippen LogP contribution in [0.3, 0.4) is 0 Å². The first-order valence-electron chi connectivity index (χ1n) is 26.4. The van der Waals surface area contributed by atoms with Crippen LogP contribution in [0.1, 0.15) is 51.4 Å². The molecular formula is C69H50BN3OS2. The zero-order chi connectivity index (χ0) is 50.8. The number of hydrogen-bond acceptors (Lipinski definition) is 5. The van der Waals surface area contributed by atoms with E-state index in [9.17, 15) is 0 Å². The van der Waals surface area contributed by atoms with Crippen LogP contribution in [0.2, 0.25) is 0 Å². The summed E-state index contributed by atoms with van der Waals surface area (Å²) in [6.07, 6.45) is 0. The van der Waals surface area contributed by atoms with Crippen molar-refractivity contribution in [3.05, 3.63) is 229 Å². The van der Waals surface area contributed by atoms with Gasteiger partial charge in [-0.05, 0) is 123 Å². The Morgan fingerprint density at radius 2 is 1.18 bits per heavy atom. The zero-order valence-corrected chi connectivity index (χ0v) is 44.5. The number of hydrogen-bond donors (Lipinski definition) is 0. The van der Waals surface area contributed by atoms with Gasteiger partial charge in [0.15, 0.2) is 5.58 Å². The van der Waals surface area contributed by atoms with Crippen LogP contribution in [0.25, 0.3) is 66.2 Å². The third-order valence-electron chi connectivity index (χ3n) is 16.7. The van der Waals surface area contributed by atoms with Gasteiger partial charge >= 0.3 is 6.85 Å². The van der Waals surface area contributed by atoms with Crippen molar-refractivity contribution in [2.24, 2.45) is 0 Å². The van der Waals surface area contributed by atoms with Crippen molar-refractivity contribution in [2.75, 3.05) is 9.80 Å². The van der Waals surface area contributed by atoms with E-state index in [1.54, 1.807) is 0 Å². The van der Waals surface area contributed by atoms with Crippen molar-refractivity contribution < 1.29 is 4.42 Å². The van der Waals surface area contributed by atoms with Crippen LogP contribution in [0, 0.1) is 0 Å². The molecule has 2 aromatic heterocycles. The summed E-state index contributed by atoms with van der Waals surface area (Å²) in [7, 11) is 0. The second kappa shape index (κ2) is 16.0. The van der Waals surface area contributed by atoms with Gasteiger partial charge in [0.1, 0.15) is 5.58 Å². The lowest BCUT2D eigenvalue weighted by atomic mass is 9.44. The summed E-state index contributed by atoms with van der Waals surface area (Å²) in [6.45, 7) is 11.7. The molecule has 4 nitrogen and oxygen atoms in total. The number of furan rings is 1. The Kier molecular flexibility index (Phi) is 9.29. The molecule has 0 fully saturated rings. The Balaban J connectivity index is 1.10. The van der Waals surface area contributed by atoms with Crippen LogP contribution in [0.15, 0.2) is 236 Å². The molecular weight excluding hydrogens is 962 g/mol. The van der Waals surface area contributed by atoms with Gasteiger partial charge in [0.05, 0.1) is 17.1 Å². The average molecular weight is 1010 g/mol. The highest BCUT2D eigenvalue weighted by molar-refractivity contribution is 8.05. The molecule has 0 saturated carbocycles. The number of anilines is 6. The van der Waals surface area contributed by atoms with Crippen LogP contribution >= 0.6 is 23.5 Å². The minimum absolute atomic E-state index is 0.0745. The number of rotatable bonds is 5. The molecule has 0 unspecified atom stereocenters. The molecule has 1 aliphatic carbocycles. The third kappa shape index (κ3) is 6.12. The van der Waals surface area contributed by atoms with E-state index in [4.69, 9.17) is 4.42 Å². The summed E-state index contributed by atoms with van der Waals surface area (Å²) in [5.41, 5.74) is 23.4. The first-order valence-corrected chi connectivity index (χ1v) is 28.1. The first kappa shape index (κ1) is 44.2. The third-order valence-corrected chi connectivity index (χ3v) is 19.2. The number of fused-ring (bicyclic) bond motifs is 15. The Labute approximate surface area is 451 Å². The van der Waals surface area contributed by atoms with Gasteiger partial charge in [-0.1, -0.05) is 192 Å². The highest BCUT2D eigenvalue weighted by atomic mass is 32.2. The number of para-hydroxylation sites is 3. The van der Waals surface area contributed by atoms with Crippen LogP contribution in [0.5, 0.6) is 0 Å². The molecule has 0 atom stereocenters. The maximum absolute atomic E-state index is 7.38. The summed E-state index contributed by atoms with van der Waals surface area (Å²) in [5, 5.41) is 3.50. The lowest BCUT2D eigenvalue weighted by Crippen LogP contribution is -2.58. The molecule has 0 spiro atoms. The van der Waals surface area contributed by atoms with Crippen molar-refractivity contribution in [2.45, 2.75) is 65.0 Å². The largest absolute Gasteiger partial charge is 0.454 e. The Morgan fingerprint density at radius 1 is 0.539 bits per heavy atom. The molecule has 10 aromatic carbocycles. The molecule has 3 aliphatic heterocycles.